The summed E-state index contributed by atoms with van der Waals surface area (Å²) in [4.78, 5) is 14.2. The lowest BCUT2D eigenvalue weighted by atomic mass is 10.0. The third-order valence-electron chi connectivity index (χ3n) is 3.45. The number of nitrogens with zero attached hydrogens (tertiary/aromatic N) is 4. The summed E-state index contributed by atoms with van der Waals surface area (Å²) in [5.74, 6) is -0.119. The van der Waals surface area contributed by atoms with E-state index in [-0.39, 0.29) is 15.8 Å². The third kappa shape index (κ3) is 2.05. The summed E-state index contributed by atoms with van der Waals surface area (Å²) >= 11 is 5.85. The number of anilines is 1. The van der Waals surface area contributed by atoms with Crippen molar-refractivity contribution in [1.82, 2.24) is 15.0 Å². The molecule has 1 aliphatic rings. The second-order valence-electron chi connectivity index (χ2n) is 4.74. The number of pyridine rings is 1. The maximum Gasteiger partial charge on any atom is 0.218 e. The summed E-state index contributed by atoms with van der Waals surface area (Å²) in [5, 5.41) is 0.354. The second kappa shape index (κ2) is 4.89. The minimum Gasteiger partial charge on any atom is -0.353 e. The van der Waals surface area contributed by atoms with Gasteiger partial charge in [-0.2, -0.15) is 0 Å². The van der Waals surface area contributed by atoms with E-state index >= 15 is 0 Å². The molecule has 20 heavy (non-hydrogen) atoms. The normalized spacial score (nSPS) is 20.0. The fourth-order valence-electron chi connectivity index (χ4n) is 2.19. The van der Waals surface area contributed by atoms with Crippen molar-refractivity contribution in [2.45, 2.75) is 24.5 Å². The van der Waals surface area contributed by atoms with Crippen molar-refractivity contribution in [3.8, 4) is 0 Å². The number of rotatable bonds is 2. The van der Waals surface area contributed by atoms with Gasteiger partial charge in [-0.25, -0.2) is 19.3 Å². The van der Waals surface area contributed by atoms with Crippen molar-refractivity contribution in [3.05, 3.63) is 17.2 Å². The van der Waals surface area contributed by atoms with Crippen LogP contribution >= 0.6 is 11.6 Å². The minimum atomic E-state index is -1.38. The highest BCUT2D eigenvalue weighted by Gasteiger charge is 2.28. The maximum absolute atomic E-state index is 14.1. The van der Waals surface area contributed by atoms with Gasteiger partial charge in [0.15, 0.2) is 11.0 Å². The van der Waals surface area contributed by atoms with Crippen LogP contribution in [-0.2, 0) is 10.8 Å². The summed E-state index contributed by atoms with van der Waals surface area (Å²) < 4.78 is 25.5. The molecule has 8 heteroatoms. The first kappa shape index (κ1) is 13.6. The molecule has 5 nitrogen and oxygen atoms in total. The molecule has 0 aliphatic carbocycles. The van der Waals surface area contributed by atoms with E-state index in [9.17, 15) is 8.60 Å². The van der Waals surface area contributed by atoms with Crippen LogP contribution in [0, 0.1) is 5.82 Å². The third-order valence-corrected chi connectivity index (χ3v) is 4.41. The van der Waals surface area contributed by atoms with E-state index in [2.05, 4.69) is 21.9 Å². The molecular weight excluding hydrogens is 303 g/mol. The lowest BCUT2D eigenvalue weighted by Crippen LogP contribution is -2.46. The molecule has 0 bridgehead atoms. The van der Waals surface area contributed by atoms with E-state index in [0.29, 0.717) is 17.2 Å². The zero-order valence-electron chi connectivity index (χ0n) is 10.9. The van der Waals surface area contributed by atoms with Crippen molar-refractivity contribution >= 4 is 39.1 Å². The first-order valence-corrected chi connectivity index (χ1v) is 8.04. The van der Waals surface area contributed by atoms with Gasteiger partial charge in [0, 0.05) is 25.0 Å². The van der Waals surface area contributed by atoms with Crippen LogP contribution in [0.25, 0.3) is 10.9 Å². The molecule has 2 aromatic heterocycles. The van der Waals surface area contributed by atoms with Gasteiger partial charge in [-0.1, -0.05) is 11.6 Å². The number of halogens is 2. The van der Waals surface area contributed by atoms with Crippen LogP contribution in [0.4, 0.5) is 10.2 Å². The van der Waals surface area contributed by atoms with E-state index < -0.39 is 16.6 Å². The molecule has 0 spiro atoms. The lowest BCUT2D eigenvalue weighted by Gasteiger charge is -2.40. The highest BCUT2D eigenvalue weighted by atomic mass is 35.5. The molecule has 1 fully saturated rings. The highest BCUT2D eigenvalue weighted by Crippen LogP contribution is 2.34. The van der Waals surface area contributed by atoms with Gasteiger partial charge in [0.1, 0.15) is 11.3 Å². The quantitative estimate of drug-likeness (QED) is 0.628. The largest absolute Gasteiger partial charge is 0.353 e. The molecule has 3 rings (SSSR count). The van der Waals surface area contributed by atoms with E-state index in [1.807, 2.05) is 4.90 Å². The van der Waals surface area contributed by atoms with Gasteiger partial charge in [0.2, 0.25) is 5.16 Å². The molecule has 0 saturated carbocycles. The summed E-state index contributed by atoms with van der Waals surface area (Å²) in [5.41, 5.74) is 0.0688. The van der Waals surface area contributed by atoms with Crippen molar-refractivity contribution < 1.29 is 8.60 Å². The van der Waals surface area contributed by atoms with Crippen LogP contribution < -0.4 is 4.90 Å². The Bertz CT molecular complexity index is 726. The van der Waals surface area contributed by atoms with Crippen LogP contribution in [-0.4, -0.2) is 38.0 Å². The van der Waals surface area contributed by atoms with E-state index in [0.717, 1.165) is 13.0 Å². The fraction of sp³-hybridized carbons (Fsp3) is 0.417. The average molecular weight is 315 g/mol. The molecule has 106 valence electrons. The van der Waals surface area contributed by atoms with Gasteiger partial charge in [-0.05, 0) is 13.3 Å². The Balaban J connectivity index is 2.26. The van der Waals surface area contributed by atoms with Crippen molar-refractivity contribution in [3.63, 3.8) is 0 Å². The smallest absolute Gasteiger partial charge is 0.218 e. The molecule has 1 unspecified atom stereocenters. The van der Waals surface area contributed by atoms with E-state index in [4.69, 9.17) is 11.6 Å². The zero-order chi connectivity index (χ0) is 14.4. The number of hydrogen-bond acceptors (Lipinski definition) is 5. The van der Waals surface area contributed by atoms with E-state index in [1.54, 1.807) is 0 Å². The number of fused-ring (bicyclic) bond motifs is 1. The van der Waals surface area contributed by atoms with Gasteiger partial charge in [0.05, 0.1) is 16.2 Å². The van der Waals surface area contributed by atoms with Crippen molar-refractivity contribution in [2.75, 3.05) is 17.7 Å². The molecule has 2 atom stereocenters. The Kier molecular flexibility index (Phi) is 3.33. The van der Waals surface area contributed by atoms with Gasteiger partial charge in [0.25, 0.3) is 0 Å². The summed E-state index contributed by atoms with van der Waals surface area (Å²) in [6.07, 6.45) is 3.96. The first-order chi connectivity index (χ1) is 9.49. The number of aromatic nitrogens is 3. The summed E-state index contributed by atoms with van der Waals surface area (Å²) in [6.45, 7) is 2.90. The Morgan fingerprint density at radius 1 is 1.50 bits per heavy atom. The van der Waals surface area contributed by atoms with Crippen LogP contribution in [0.15, 0.2) is 11.4 Å². The minimum absolute atomic E-state index is 0.0688. The SMILES string of the molecule is C[C@H]1CCN1c1nc(Cl)c(F)c2nc(S(C)=O)ncc12. The van der Waals surface area contributed by atoms with Crippen LogP contribution in [0.5, 0.6) is 0 Å². The fourth-order valence-corrected chi connectivity index (χ4v) is 2.78. The van der Waals surface area contributed by atoms with Gasteiger partial charge in [-0.3, -0.25) is 4.21 Å². The van der Waals surface area contributed by atoms with E-state index in [1.165, 1.54) is 12.5 Å². The Hall–Kier alpha value is -1.34. The molecule has 0 aromatic carbocycles. The first-order valence-electron chi connectivity index (χ1n) is 6.11. The van der Waals surface area contributed by atoms with Gasteiger partial charge < -0.3 is 4.90 Å². The molecule has 0 amide bonds. The average Bonchev–Trinajstić information content (AvgIpc) is 2.42. The van der Waals surface area contributed by atoms with Crippen molar-refractivity contribution in [2.24, 2.45) is 0 Å². The Morgan fingerprint density at radius 3 is 2.80 bits per heavy atom. The molecule has 1 saturated heterocycles. The molecule has 1 aliphatic heterocycles. The zero-order valence-corrected chi connectivity index (χ0v) is 12.5. The number of hydrogen-bond donors (Lipinski definition) is 0. The summed E-state index contributed by atoms with van der Waals surface area (Å²) in [6, 6.07) is 0.326. The van der Waals surface area contributed by atoms with Gasteiger partial charge >= 0.3 is 0 Å². The maximum atomic E-state index is 14.1. The molecule has 0 radical (unpaired) electrons. The monoisotopic (exact) mass is 314 g/mol. The van der Waals surface area contributed by atoms with Crippen LogP contribution in [0.1, 0.15) is 13.3 Å². The molecule has 2 aromatic rings. The standard InChI is InChI=1S/C12H12ClFN4OS/c1-6-3-4-18(6)11-7-5-15-12(20(2)19)16-9(7)8(14)10(13)17-11/h5-6H,3-4H2,1-2H3/t6-,20?/m0/s1. The van der Waals surface area contributed by atoms with Crippen LogP contribution in [0.3, 0.4) is 0 Å². The molecular formula is C12H12ClFN4OS. The van der Waals surface area contributed by atoms with Crippen LogP contribution in [0.2, 0.25) is 5.15 Å². The van der Waals surface area contributed by atoms with Crippen molar-refractivity contribution in [1.29, 1.82) is 0 Å². The molecule has 0 N–H and O–H groups in total. The lowest BCUT2D eigenvalue weighted by molar-refractivity contribution is 0.477. The molecule has 3 heterocycles. The predicted octanol–water partition coefficient (Wildman–Crippen LogP) is 2.15. The summed E-state index contributed by atoms with van der Waals surface area (Å²) in [7, 11) is -1.38. The Labute approximate surface area is 122 Å². The second-order valence-corrected chi connectivity index (χ2v) is 6.37. The predicted molar refractivity (Wildman–Crippen MR) is 76.1 cm³/mol. The van der Waals surface area contributed by atoms with Gasteiger partial charge in [-0.15, -0.1) is 0 Å². The topological polar surface area (TPSA) is 59.0 Å². The highest BCUT2D eigenvalue weighted by molar-refractivity contribution is 7.84. The Morgan fingerprint density at radius 2 is 2.25 bits per heavy atom.